The summed E-state index contributed by atoms with van der Waals surface area (Å²) in [7, 11) is 0. The SMILES string of the molecule is O=C(NCCC[N+]12CCC(CC1)C(OC(=O)C(O)(c1ccccc1)c1ccccc1)C2)Nc1ccccc1. The maximum absolute atomic E-state index is 13.7. The molecule has 6 rings (SSSR count). The minimum absolute atomic E-state index is 0.207. The molecule has 2 bridgehead atoms. The quantitative estimate of drug-likeness (QED) is 0.226. The highest BCUT2D eigenvalue weighted by Gasteiger charge is 2.50. The number of aliphatic hydroxyl groups is 1. The van der Waals surface area contributed by atoms with Crippen LogP contribution in [0.4, 0.5) is 10.5 Å². The number of benzene rings is 3. The molecule has 2 amide bonds. The Morgan fingerprint density at radius 3 is 2.00 bits per heavy atom. The Balaban J connectivity index is 1.20. The van der Waals surface area contributed by atoms with E-state index in [0.29, 0.717) is 23.6 Å². The molecular formula is C31H36N3O4+. The molecule has 0 radical (unpaired) electrons. The first-order valence-corrected chi connectivity index (χ1v) is 13.5. The van der Waals surface area contributed by atoms with Gasteiger partial charge in [-0.1, -0.05) is 78.9 Å². The summed E-state index contributed by atoms with van der Waals surface area (Å²) in [6.45, 7) is 4.34. The number of fused-ring (bicyclic) bond motifs is 3. The molecule has 1 unspecified atom stereocenters. The number of urea groups is 1. The van der Waals surface area contributed by atoms with Gasteiger partial charge in [0.25, 0.3) is 0 Å². The molecule has 0 aliphatic carbocycles. The van der Waals surface area contributed by atoms with E-state index >= 15 is 0 Å². The largest absolute Gasteiger partial charge is 0.453 e. The fraction of sp³-hybridized carbons (Fsp3) is 0.355. The van der Waals surface area contributed by atoms with E-state index in [2.05, 4.69) is 10.6 Å². The molecule has 7 nitrogen and oxygen atoms in total. The van der Waals surface area contributed by atoms with Crippen LogP contribution in [0, 0.1) is 5.92 Å². The van der Waals surface area contributed by atoms with Crippen LogP contribution < -0.4 is 10.6 Å². The Morgan fingerprint density at radius 2 is 1.42 bits per heavy atom. The van der Waals surface area contributed by atoms with Crippen LogP contribution in [0.2, 0.25) is 0 Å². The lowest BCUT2D eigenvalue weighted by atomic mass is 9.82. The number of amides is 2. The van der Waals surface area contributed by atoms with Crippen molar-refractivity contribution in [1.82, 2.24) is 5.32 Å². The van der Waals surface area contributed by atoms with Crippen molar-refractivity contribution in [1.29, 1.82) is 0 Å². The monoisotopic (exact) mass is 514 g/mol. The summed E-state index contributed by atoms with van der Waals surface area (Å²) in [4.78, 5) is 25.9. The van der Waals surface area contributed by atoms with Crippen LogP contribution in [0.15, 0.2) is 91.0 Å². The molecule has 3 aliphatic rings. The van der Waals surface area contributed by atoms with Crippen molar-refractivity contribution in [2.75, 3.05) is 38.0 Å². The van der Waals surface area contributed by atoms with Crippen molar-refractivity contribution < 1.29 is 23.9 Å². The first-order chi connectivity index (χ1) is 18.5. The Labute approximate surface area is 224 Å². The lowest BCUT2D eigenvalue weighted by Crippen LogP contribution is -2.65. The second-order valence-electron chi connectivity index (χ2n) is 10.5. The van der Waals surface area contributed by atoms with Gasteiger partial charge in [0.2, 0.25) is 5.60 Å². The topological polar surface area (TPSA) is 87.7 Å². The van der Waals surface area contributed by atoms with E-state index in [1.165, 1.54) is 0 Å². The third-order valence-corrected chi connectivity index (χ3v) is 8.10. The Morgan fingerprint density at radius 1 is 0.868 bits per heavy atom. The normalized spacial score (nSPS) is 22.4. The van der Waals surface area contributed by atoms with Gasteiger partial charge in [-0.05, 0) is 23.3 Å². The summed E-state index contributed by atoms with van der Waals surface area (Å²) in [5, 5.41) is 17.6. The van der Waals surface area contributed by atoms with Gasteiger partial charge in [-0.25, -0.2) is 9.59 Å². The molecule has 3 fully saturated rings. The van der Waals surface area contributed by atoms with Crippen LogP contribution in [0.1, 0.15) is 30.4 Å². The summed E-state index contributed by atoms with van der Waals surface area (Å²) < 4.78 is 7.03. The minimum atomic E-state index is -1.87. The summed E-state index contributed by atoms with van der Waals surface area (Å²) in [5.41, 5.74) is -0.0990. The molecule has 0 saturated carbocycles. The van der Waals surface area contributed by atoms with Crippen LogP contribution >= 0.6 is 0 Å². The third-order valence-electron chi connectivity index (χ3n) is 8.10. The van der Waals surface area contributed by atoms with Gasteiger partial charge in [-0.2, -0.15) is 0 Å². The number of nitrogens with one attached hydrogen (secondary N) is 2. The van der Waals surface area contributed by atoms with Crippen molar-refractivity contribution in [3.05, 3.63) is 102 Å². The molecule has 1 atom stereocenters. The van der Waals surface area contributed by atoms with E-state index in [1.807, 2.05) is 66.7 Å². The fourth-order valence-corrected chi connectivity index (χ4v) is 5.97. The molecule has 3 aliphatic heterocycles. The van der Waals surface area contributed by atoms with Crippen LogP contribution in [-0.2, 0) is 15.1 Å². The standard InChI is InChI=1S/C31H35N3O4/c35-29(31(37,25-11-4-1-5-12-25)26-13-6-2-7-14-26)38-28-23-34(21-17-24(28)18-22-34)20-10-19-32-30(36)33-27-15-8-3-9-16-27/h1-9,11-16,24,28,37H,10,17-23H2,(H-,32,33,36)/p+1. The van der Waals surface area contributed by atoms with Gasteiger partial charge in [-0.15, -0.1) is 0 Å². The zero-order valence-electron chi connectivity index (χ0n) is 21.6. The lowest BCUT2D eigenvalue weighted by molar-refractivity contribution is -0.946. The fourth-order valence-electron chi connectivity index (χ4n) is 5.97. The number of carbonyl (C=O) groups is 2. The molecule has 3 saturated heterocycles. The van der Waals surface area contributed by atoms with Gasteiger partial charge in [0.05, 0.1) is 19.6 Å². The summed E-state index contributed by atoms with van der Waals surface area (Å²) in [6, 6.07) is 27.2. The van der Waals surface area contributed by atoms with Crippen molar-refractivity contribution in [2.24, 2.45) is 5.92 Å². The van der Waals surface area contributed by atoms with E-state index < -0.39 is 11.6 Å². The molecule has 3 aromatic rings. The molecule has 0 aromatic heterocycles. The first-order valence-electron chi connectivity index (χ1n) is 13.5. The highest BCUT2D eigenvalue weighted by molar-refractivity contribution is 5.89. The molecule has 3 aromatic carbocycles. The maximum Gasteiger partial charge on any atom is 0.348 e. The molecule has 7 heteroatoms. The smallest absolute Gasteiger partial charge is 0.348 e. The van der Waals surface area contributed by atoms with Gasteiger partial charge < -0.3 is 25.0 Å². The Bertz CT molecular complexity index is 1170. The predicted molar refractivity (Wildman–Crippen MR) is 146 cm³/mol. The number of hydrogen-bond donors (Lipinski definition) is 3. The second-order valence-corrected chi connectivity index (χ2v) is 10.5. The van der Waals surface area contributed by atoms with E-state index in [1.54, 1.807) is 24.3 Å². The van der Waals surface area contributed by atoms with Crippen LogP contribution in [0.25, 0.3) is 0 Å². The summed E-state index contributed by atoms with van der Waals surface area (Å²) >= 11 is 0. The van der Waals surface area contributed by atoms with Crippen molar-refractivity contribution >= 4 is 17.7 Å². The first kappa shape index (κ1) is 25.9. The number of rotatable bonds is 9. The maximum atomic E-state index is 13.7. The zero-order chi connectivity index (χ0) is 26.4. The van der Waals surface area contributed by atoms with Gasteiger partial charge in [0.15, 0.2) is 6.10 Å². The number of para-hydroxylation sites is 1. The average molecular weight is 515 g/mol. The molecule has 198 valence electrons. The third kappa shape index (κ3) is 5.59. The van der Waals surface area contributed by atoms with E-state index in [9.17, 15) is 14.7 Å². The Hall–Kier alpha value is -3.68. The number of quaternary nitrogens is 1. The Kier molecular flexibility index (Phi) is 7.77. The number of esters is 1. The van der Waals surface area contributed by atoms with Crippen molar-refractivity contribution in [3.8, 4) is 0 Å². The second kappa shape index (κ2) is 11.4. The summed E-state index contributed by atoms with van der Waals surface area (Å²) in [6.07, 6.45) is 2.59. The number of hydrogen-bond acceptors (Lipinski definition) is 4. The van der Waals surface area contributed by atoms with E-state index in [0.717, 1.165) is 55.6 Å². The predicted octanol–water partition coefficient (Wildman–Crippen LogP) is 4.29. The van der Waals surface area contributed by atoms with Crippen molar-refractivity contribution in [3.63, 3.8) is 0 Å². The number of nitrogens with zero attached hydrogens (tertiary/aromatic N) is 1. The molecule has 3 N–H and O–H groups in total. The number of anilines is 1. The van der Waals surface area contributed by atoms with Crippen LogP contribution in [-0.4, -0.2) is 60.4 Å². The highest BCUT2D eigenvalue weighted by Crippen LogP contribution is 2.38. The van der Waals surface area contributed by atoms with E-state index in [-0.39, 0.29) is 12.1 Å². The van der Waals surface area contributed by atoms with E-state index in [4.69, 9.17) is 4.74 Å². The molecule has 0 spiro atoms. The molecule has 38 heavy (non-hydrogen) atoms. The molecule has 3 heterocycles. The highest BCUT2D eigenvalue weighted by atomic mass is 16.6. The summed E-state index contributed by atoms with van der Waals surface area (Å²) in [5.74, 6) is -0.310. The number of ether oxygens (including phenoxy) is 1. The van der Waals surface area contributed by atoms with Crippen LogP contribution in [0.5, 0.6) is 0 Å². The number of carbonyl (C=O) groups excluding carboxylic acids is 2. The molecular weight excluding hydrogens is 478 g/mol. The minimum Gasteiger partial charge on any atom is -0.453 e. The lowest BCUT2D eigenvalue weighted by Gasteiger charge is -2.52. The number of piperidine rings is 3. The van der Waals surface area contributed by atoms with Gasteiger partial charge in [0.1, 0.15) is 6.54 Å². The van der Waals surface area contributed by atoms with Gasteiger partial charge in [-0.3, -0.25) is 0 Å². The average Bonchev–Trinajstić information content (AvgIpc) is 2.97. The van der Waals surface area contributed by atoms with Gasteiger partial charge in [0, 0.05) is 37.4 Å². The zero-order valence-corrected chi connectivity index (χ0v) is 21.6. The van der Waals surface area contributed by atoms with Crippen molar-refractivity contribution in [2.45, 2.75) is 31.0 Å². The van der Waals surface area contributed by atoms with Gasteiger partial charge >= 0.3 is 12.0 Å². The van der Waals surface area contributed by atoms with Crippen LogP contribution in [0.3, 0.4) is 0 Å².